The van der Waals surface area contributed by atoms with Gasteiger partial charge < -0.3 is 9.47 Å². The molecule has 1 aliphatic heterocycles. The molecule has 100 valence electrons. The summed E-state index contributed by atoms with van der Waals surface area (Å²) in [5.41, 5.74) is 0.870. The van der Waals surface area contributed by atoms with Crippen molar-refractivity contribution in [1.29, 1.82) is 0 Å². The third kappa shape index (κ3) is 3.33. The highest BCUT2D eigenvalue weighted by atomic mass is 35.5. The Morgan fingerprint density at radius 3 is 2.94 bits per heavy atom. The molecule has 1 atom stereocenters. The third-order valence-electron chi connectivity index (χ3n) is 3.06. The number of hydrogen-bond donors (Lipinski definition) is 0. The van der Waals surface area contributed by atoms with Crippen LogP contribution >= 0.6 is 11.6 Å². The molecule has 1 aliphatic rings. The largest absolute Gasteiger partial charge is 0.475 e. The molecule has 1 unspecified atom stereocenters. The van der Waals surface area contributed by atoms with Crippen LogP contribution in [-0.4, -0.2) is 29.3 Å². The van der Waals surface area contributed by atoms with Crippen LogP contribution < -0.4 is 4.74 Å². The number of ether oxygens (including phenoxy) is 2. The summed E-state index contributed by atoms with van der Waals surface area (Å²) in [4.78, 5) is 8.17. The Bertz CT molecular complexity index is 393. The maximum Gasteiger partial charge on any atom is 0.221 e. The van der Waals surface area contributed by atoms with Crippen LogP contribution in [0.2, 0.25) is 5.15 Å². The van der Waals surface area contributed by atoms with Crippen molar-refractivity contribution < 1.29 is 9.47 Å². The second-order valence-corrected chi connectivity index (χ2v) is 5.20. The topological polar surface area (TPSA) is 44.2 Å². The Hall–Kier alpha value is -0.870. The molecule has 18 heavy (non-hydrogen) atoms. The Morgan fingerprint density at radius 1 is 1.44 bits per heavy atom. The zero-order valence-corrected chi connectivity index (χ0v) is 11.6. The Kier molecular flexibility index (Phi) is 4.78. The fourth-order valence-corrected chi connectivity index (χ4v) is 2.41. The number of aromatic nitrogens is 2. The van der Waals surface area contributed by atoms with E-state index in [0.29, 0.717) is 17.6 Å². The molecule has 0 amide bonds. The smallest absolute Gasteiger partial charge is 0.221 e. The minimum Gasteiger partial charge on any atom is -0.475 e. The van der Waals surface area contributed by atoms with Gasteiger partial charge in [0.1, 0.15) is 18.1 Å². The fraction of sp³-hybridized carbons (Fsp3) is 0.692. The van der Waals surface area contributed by atoms with E-state index in [1.54, 1.807) is 0 Å². The molecule has 4 nitrogen and oxygen atoms in total. The highest BCUT2D eigenvalue weighted by Gasteiger charge is 2.18. The molecule has 2 rings (SSSR count). The van der Waals surface area contributed by atoms with E-state index in [1.165, 1.54) is 12.7 Å². The van der Waals surface area contributed by atoms with Gasteiger partial charge in [0, 0.05) is 6.61 Å². The Labute approximate surface area is 113 Å². The van der Waals surface area contributed by atoms with Crippen molar-refractivity contribution in [2.45, 2.75) is 45.1 Å². The van der Waals surface area contributed by atoms with Crippen molar-refractivity contribution in [3.63, 3.8) is 0 Å². The highest BCUT2D eigenvalue weighted by Crippen LogP contribution is 2.29. The van der Waals surface area contributed by atoms with Crippen LogP contribution in [0.25, 0.3) is 0 Å². The summed E-state index contributed by atoms with van der Waals surface area (Å²) in [5, 5.41) is 0.472. The van der Waals surface area contributed by atoms with Crippen molar-refractivity contribution in [2.24, 2.45) is 0 Å². The molecule has 5 heteroatoms. The van der Waals surface area contributed by atoms with E-state index < -0.39 is 0 Å². The zero-order chi connectivity index (χ0) is 13.0. The van der Waals surface area contributed by atoms with Crippen LogP contribution in [0.3, 0.4) is 0 Å². The first kappa shape index (κ1) is 13.6. The minimum absolute atomic E-state index is 0.174. The van der Waals surface area contributed by atoms with Gasteiger partial charge >= 0.3 is 0 Å². The maximum absolute atomic E-state index is 6.08. The summed E-state index contributed by atoms with van der Waals surface area (Å²) in [7, 11) is 0. The van der Waals surface area contributed by atoms with E-state index in [4.69, 9.17) is 21.1 Å². The molecule has 1 fully saturated rings. The van der Waals surface area contributed by atoms with Gasteiger partial charge in [-0.15, -0.1) is 0 Å². The Balaban J connectivity index is 2.02. The molecule has 0 radical (unpaired) electrons. The zero-order valence-electron chi connectivity index (χ0n) is 10.9. The van der Waals surface area contributed by atoms with Crippen molar-refractivity contribution in [2.75, 3.05) is 13.2 Å². The van der Waals surface area contributed by atoms with Gasteiger partial charge in [0.15, 0.2) is 0 Å². The van der Waals surface area contributed by atoms with Crippen molar-refractivity contribution >= 4 is 11.6 Å². The standard InChI is InChI=1S/C13H19ClN2O2/c1-9(2)11-12(14)15-8-16-13(11)18-7-10-5-3-4-6-17-10/h8-10H,3-7H2,1-2H3. The fourth-order valence-electron chi connectivity index (χ4n) is 2.07. The van der Waals surface area contributed by atoms with Gasteiger partial charge in [-0.05, 0) is 25.2 Å². The average molecular weight is 271 g/mol. The van der Waals surface area contributed by atoms with Crippen molar-refractivity contribution in [3.05, 3.63) is 17.0 Å². The summed E-state index contributed by atoms with van der Waals surface area (Å²) < 4.78 is 11.4. The first-order valence-electron chi connectivity index (χ1n) is 6.43. The van der Waals surface area contributed by atoms with Crippen LogP contribution in [0.1, 0.15) is 44.6 Å². The van der Waals surface area contributed by atoms with Gasteiger partial charge in [-0.2, -0.15) is 0 Å². The number of nitrogens with zero attached hydrogens (tertiary/aromatic N) is 2. The quantitative estimate of drug-likeness (QED) is 0.788. The molecule has 0 aromatic carbocycles. The summed E-state index contributed by atoms with van der Waals surface area (Å²) in [6.07, 6.45) is 5.01. The van der Waals surface area contributed by atoms with E-state index >= 15 is 0 Å². The first-order chi connectivity index (χ1) is 8.68. The lowest BCUT2D eigenvalue weighted by molar-refractivity contribution is -0.0122. The first-order valence-corrected chi connectivity index (χ1v) is 6.81. The molecule has 2 heterocycles. The summed E-state index contributed by atoms with van der Waals surface area (Å²) in [6, 6.07) is 0. The summed E-state index contributed by atoms with van der Waals surface area (Å²) in [5.74, 6) is 0.820. The van der Waals surface area contributed by atoms with Crippen molar-refractivity contribution in [1.82, 2.24) is 9.97 Å². The van der Waals surface area contributed by atoms with Crippen LogP contribution in [0.15, 0.2) is 6.33 Å². The molecular weight excluding hydrogens is 252 g/mol. The second-order valence-electron chi connectivity index (χ2n) is 4.84. The summed E-state index contributed by atoms with van der Waals surface area (Å²) in [6.45, 7) is 5.46. The number of halogens is 1. The second kappa shape index (κ2) is 6.34. The van der Waals surface area contributed by atoms with Gasteiger partial charge in [0.25, 0.3) is 0 Å². The lowest BCUT2D eigenvalue weighted by atomic mass is 10.1. The van der Waals surface area contributed by atoms with Gasteiger partial charge in [-0.1, -0.05) is 25.4 Å². The average Bonchev–Trinajstić information content (AvgIpc) is 2.37. The van der Waals surface area contributed by atoms with Crippen molar-refractivity contribution in [3.8, 4) is 5.88 Å². The van der Waals surface area contributed by atoms with Gasteiger partial charge in [-0.25, -0.2) is 9.97 Å². The minimum atomic E-state index is 0.174. The van der Waals surface area contributed by atoms with E-state index in [1.807, 2.05) is 0 Å². The molecular formula is C13H19ClN2O2. The van der Waals surface area contributed by atoms with Gasteiger partial charge in [0.05, 0.1) is 11.7 Å². The van der Waals surface area contributed by atoms with E-state index in [9.17, 15) is 0 Å². The van der Waals surface area contributed by atoms with E-state index in [2.05, 4.69) is 23.8 Å². The monoisotopic (exact) mass is 270 g/mol. The third-order valence-corrected chi connectivity index (χ3v) is 3.36. The Morgan fingerprint density at radius 2 is 2.28 bits per heavy atom. The summed E-state index contributed by atoms with van der Waals surface area (Å²) >= 11 is 6.08. The number of rotatable bonds is 4. The molecule has 0 bridgehead atoms. The molecule has 0 spiro atoms. The van der Waals surface area contributed by atoms with Crippen LogP contribution in [0, 0.1) is 0 Å². The molecule has 0 N–H and O–H groups in total. The number of hydrogen-bond acceptors (Lipinski definition) is 4. The highest BCUT2D eigenvalue weighted by molar-refractivity contribution is 6.30. The molecule has 1 aromatic heterocycles. The lowest BCUT2D eigenvalue weighted by Gasteiger charge is -2.23. The van der Waals surface area contributed by atoms with E-state index in [-0.39, 0.29) is 12.0 Å². The molecule has 0 aliphatic carbocycles. The normalized spacial score (nSPS) is 20.1. The molecule has 1 aromatic rings. The van der Waals surface area contributed by atoms with Gasteiger partial charge in [0.2, 0.25) is 5.88 Å². The molecule has 1 saturated heterocycles. The lowest BCUT2D eigenvalue weighted by Crippen LogP contribution is -2.26. The van der Waals surface area contributed by atoms with Crippen LogP contribution in [0.4, 0.5) is 0 Å². The van der Waals surface area contributed by atoms with E-state index in [0.717, 1.165) is 25.0 Å². The van der Waals surface area contributed by atoms with Crippen LogP contribution in [-0.2, 0) is 4.74 Å². The predicted octanol–water partition coefficient (Wildman–Crippen LogP) is 3.20. The van der Waals surface area contributed by atoms with Crippen LogP contribution in [0.5, 0.6) is 5.88 Å². The van der Waals surface area contributed by atoms with Gasteiger partial charge in [-0.3, -0.25) is 0 Å². The predicted molar refractivity (Wildman–Crippen MR) is 70.2 cm³/mol. The SMILES string of the molecule is CC(C)c1c(Cl)ncnc1OCC1CCCCO1. The maximum atomic E-state index is 6.08. The molecule has 0 saturated carbocycles.